The SMILES string of the molecule is CN(C)CCCNC(=O)C1CCN(C(=O)c2cccc3ccccc23)CC1. The Morgan fingerprint density at radius 2 is 1.78 bits per heavy atom. The van der Waals surface area contributed by atoms with E-state index in [1.165, 1.54) is 0 Å². The second kappa shape index (κ2) is 9.00. The number of benzene rings is 2. The molecular weight excluding hydrogens is 338 g/mol. The van der Waals surface area contributed by atoms with Gasteiger partial charge in [0, 0.05) is 31.1 Å². The van der Waals surface area contributed by atoms with Crippen molar-refractivity contribution in [3.05, 3.63) is 48.0 Å². The Labute approximate surface area is 161 Å². The molecule has 1 fully saturated rings. The van der Waals surface area contributed by atoms with Crippen molar-refractivity contribution in [2.75, 3.05) is 40.3 Å². The number of rotatable bonds is 6. The zero-order valence-corrected chi connectivity index (χ0v) is 16.3. The molecule has 144 valence electrons. The van der Waals surface area contributed by atoms with Gasteiger partial charge >= 0.3 is 0 Å². The summed E-state index contributed by atoms with van der Waals surface area (Å²) in [5.74, 6) is 0.212. The Morgan fingerprint density at radius 1 is 1.07 bits per heavy atom. The van der Waals surface area contributed by atoms with Crippen molar-refractivity contribution in [2.45, 2.75) is 19.3 Å². The van der Waals surface area contributed by atoms with E-state index >= 15 is 0 Å². The highest BCUT2D eigenvalue weighted by Gasteiger charge is 2.28. The zero-order chi connectivity index (χ0) is 19.2. The van der Waals surface area contributed by atoms with Gasteiger partial charge in [-0.3, -0.25) is 9.59 Å². The van der Waals surface area contributed by atoms with E-state index in [0.717, 1.165) is 42.1 Å². The Bertz CT molecular complexity index is 790. The molecule has 1 aliphatic rings. The first-order chi connectivity index (χ1) is 13.1. The summed E-state index contributed by atoms with van der Waals surface area (Å²) in [6.07, 6.45) is 2.42. The molecule has 1 heterocycles. The maximum absolute atomic E-state index is 13.0. The van der Waals surface area contributed by atoms with Gasteiger partial charge in [-0.1, -0.05) is 36.4 Å². The molecule has 2 amide bonds. The van der Waals surface area contributed by atoms with Crippen molar-refractivity contribution in [3.8, 4) is 0 Å². The van der Waals surface area contributed by atoms with Gasteiger partial charge in [-0.2, -0.15) is 0 Å². The molecule has 3 rings (SSSR count). The molecule has 0 atom stereocenters. The number of piperidine rings is 1. The van der Waals surface area contributed by atoms with Crippen molar-refractivity contribution in [1.82, 2.24) is 15.1 Å². The second-order valence-corrected chi connectivity index (χ2v) is 7.54. The summed E-state index contributed by atoms with van der Waals surface area (Å²) >= 11 is 0. The highest BCUT2D eigenvalue weighted by molar-refractivity contribution is 6.07. The Hall–Kier alpha value is -2.40. The average molecular weight is 367 g/mol. The summed E-state index contributed by atoms with van der Waals surface area (Å²) in [6, 6.07) is 13.8. The molecule has 5 nitrogen and oxygen atoms in total. The molecule has 0 aliphatic carbocycles. The van der Waals surface area contributed by atoms with Crippen molar-refractivity contribution in [1.29, 1.82) is 0 Å². The molecule has 1 saturated heterocycles. The lowest BCUT2D eigenvalue weighted by Gasteiger charge is -2.31. The largest absolute Gasteiger partial charge is 0.356 e. The van der Waals surface area contributed by atoms with Gasteiger partial charge in [-0.15, -0.1) is 0 Å². The monoisotopic (exact) mass is 367 g/mol. The van der Waals surface area contributed by atoms with Crippen LogP contribution in [0, 0.1) is 5.92 Å². The number of likely N-dealkylation sites (tertiary alicyclic amines) is 1. The van der Waals surface area contributed by atoms with Crippen LogP contribution in [0.2, 0.25) is 0 Å². The lowest BCUT2D eigenvalue weighted by atomic mass is 9.94. The molecule has 0 bridgehead atoms. The van der Waals surface area contributed by atoms with Crippen LogP contribution >= 0.6 is 0 Å². The quantitative estimate of drug-likeness (QED) is 0.799. The van der Waals surface area contributed by atoms with E-state index < -0.39 is 0 Å². The van der Waals surface area contributed by atoms with Gasteiger partial charge in [0.15, 0.2) is 0 Å². The van der Waals surface area contributed by atoms with Crippen molar-refractivity contribution < 1.29 is 9.59 Å². The summed E-state index contributed by atoms with van der Waals surface area (Å²) in [6.45, 7) is 2.96. The lowest BCUT2D eigenvalue weighted by molar-refractivity contribution is -0.126. The molecule has 1 aliphatic heterocycles. The minimum Gasteiger partial charge on any atom is -0.356 e. The number of nitrogens with one attached hydrogen (secondary N) is 1. The molecule has 2 aromatic rings. The maximum Gasteiger partial charge on any atom is 0.254 e. The van der Waals surface area contributed by atoms with Crippen LogP contribution in [0.25, 0.3) is 10.8 Å². The predicted octanol–water partition coefficient (Wildman–Crippen LogP) is 2.76. The van der Waals surface area contributed by atoms with Crippen molar-refractivity contribution >= 4 is 22.6 Å². The van der Waals surface area contributed by atoms with Crippen LogP contribution in [0.3, 0.4) is 0 Å². The third-order valence-corrected chi connectivity index (χ3v) is 5.25. The standard InChI is InChI=1S/C22H29N3O2/c1-24(2)14-6-13-23-21(26)18-11-15-25(16-12-18)22(27)20-10-5-8-17-7-3-4-9-19(17)20/h3-5,7-10,18H,6,11-16H2,1-2H3,(H,23,26). The van der Waals surface area contributed by atoms with Crippen LogP contribution in [-0.2, 0) is 4.79 Å². The fraction of sp³-hybridized carbons (Fsp3) is 0.455. The summed E-state index contributed by atoms with van der Waals surface area (Å²) in [7, 11) is 4.06. The van der Waals surface area contributed by atoms with Crippen LogP contribution in [0.15, 0.2) is 42.5 Å². The molecule has 0 spiro atoms. The molecule has 27 heavy (non-hydrogen) atoms. The Balaban J connectivity index is 1.54. The van der Waals surface area contributed by atoms with E-state index in [1.54, 1.807) is 0 Å². The number of fused-ring (bicyclic) bond motifs is 1. The average Bonchev–Trinajstić information content (AvgIpc) is 2.70. The third kappa shape index (κ3) is 4.86. The highest BCUT2D eigenvalue weighted by atomic mass is 16.2. The number of carbonyl (C=O) groups excluding carboxylic acids is 2. The first kappa shape index (κ1) is 19.4. The smallest absolute Gasteiger partial charge is 0.254 e. The minimum atomic E-state index is 0.0147. The fourth-order valence-corrected chi connectivity index (χ4v) is 3.68. The molecule has 0 unspecified atom stereocenters. The minimum absolute atomic E-state index is 0.0147. The van der Waals surface area contributed by atoms with Crippen molar-refractivity contribution in [2.24, 2.45) is 5.92 Å². The summed E-state index contributed by atoms with van der Waals surface area (Å²) in [5, 5.41) is 5.11. The number of hydrogen-bond acceptors (Lipinski definition) is 3. The number of nitrogens with zero attached hydrogens (tertiary/aromatic N) is 2. The van der Waals surface area contributed by atoms with E-state index in [2.05, 4.69) is 10.2 Å². The third-order valence-electron chi connectivity index (χ3n) is 5.25. The number of amides is 2. The normalized spacial score (nSPS) is 15.3. The van der Waals surface area contributed by atoms with Crippen LogP contribution in [-0.4, -0.2) is 61.9 Å². The molecule has 5 heteroatoms. The van der Waals surface area contributed by atoms with Crippen LogP contribution in [0.1, 0.15) is 29.6 Å². The van der Waals surface area contributed by atoms with E-state index in [0.29, 0.717) is 19.6 Å². The topological polar surface area (TPSA) is 52.7 Å². The highest BCUT2D eigenvalue weighted by Crippen LogP contribution is 2.23. The second-order valence-electron chi connectivity index (χ2n) is 7.54. The first-order valence-corrected chi connectivity index (χ1v) is 9.76. The summed E-state index contributed by atoms with van der Waals surface area (Å²) < 4.78 is 0. The number of hydrogen-bond donors (Lipinski definition) is 1. The van der Waals surface area contributed by atoms with Crippen LogP contribution in [0.5, 0.6) is 0 Å². The van der Waals surface area contributed by atoms with Gasteiger partial charge in [0.05, 0.1) is 0 Å². The van der Waals surface area contributed by atoms with Gasteiger partial charge in [0.25, 0.3) is 5.91 Å². The molecule has 2 aromatic carbocycles. The molecule has 0 saturated carbocycles. The molecule has 1 N–H and O–H groups in total. The zero-order valence-electron chi connectivity index (χ0n) is 16.3. The first-order valence-electron chi connectivity index (χ1n) is 9.76. The van der Waals surface area contributed by atoms with Crippen LogP contribution < -0.4 is 5.32 Å². The lowest BCUT2D eigenvalue weighted by Crippen LogP contribution is -2.43. The fourth-order valence-electron chi connectivity index (χ4n) is 3.68. The Morgan fingerprint density at radius 3 is 2.52 bits per heavy atom. The molecule has 0 radical (unpaired) electrons. The summed E-state index contributed by atoms with van der Waals surface area (Å²) in [5.41, 5.74) is 0.750. The van der Waals surface area contributed by atoms with E-state index in [9.17, 15) is 9.59 Å². The van der Waals surface area contributed by atoms with Gasteiger partial charge in [0.2, 0.25) is 5.91 Å². The van der Waals surface area contributed by atoms with Gasteiger partial charge in [-0.05, 0) is 56.7 Å². The van der Waals surface area contributed by atoms with E-state index in [4.69, 9.17) is 0 Å². The molecular formula is C22H29N3O2. The predicted molar refractivity (Wildman–Crippen MR) is 109 cm³/mol. The van der Waals surface area contributed by atoms with E-state index in [1.807, 2.05) is 61.5 Å². The Kier molecular flexibility index (Phi) is 6.45. The number of carbonyl (C=O) groups is 2. The summed E-state index contributed by atoms with van der Waals surface area (Å²) in [4.78, 5) is 29.3. The van der Waals surface area contributed by atoms with Crippen LogP contribution in [0.4, 0.5) is 0 Å². The van der Waals surface area contributed by atoms with E-state index in [-0.39, 0.29) is 17.7 Å². The van der Waals surface area contributed by atoms with Gasteiger partial charge < -0.3 is 15.1 Å². The molecule has 0 aromatic heterocycles. The van der Waals surface area contributed by atoms with Gasteiger partial charge in [0.1, 0.15) is 0 Å². The maximum atomic E-state index is 13.0. The van der Waals surface area contributed by atoms with Gasteiger partial charge in [-0.25, -0.2) is 0 Å². The van der Waals surface area contributed by atoms with Crippen molar-refractivity contribution in [3.63, 3.8) is 0 Å².